The van der Waals surface area contributed by atoms with E-state index in [4.69, 9.17) is 4.74 Å². The van der Waals surface area contributed by atoms with Crippen LogP contribution in [0.2, 0.25) is 0 Å². The number of anilines is 1. The second-order valence-electron chi connectivity index (χ2n) is 5.08. The summed E-state index contributed by atoms with van der Waals surface area (Å²) in [5, 5.41) is 3.53. The summed E-state index contributed by atoms with van der Waals surface area (Å²) in [6.45, 7) is 2.87. The van der Waals surface area contributed by atoms with Crippen LogP contribution in [0.1, 0.15) is 12.0 Å². The minimum absolute atomic E-state index is 0.594. The number of ether oxygens (including phenoxy) is 1. The van der Waals surface area contributed by atoms with E-state index in [1.54, 1.807) is 0 Å². The van der Waals surface area contributed by atoms with Crippen LogP contribution in [0.5, 0.6) is 0 Å². The maximum Gasteiger partial charge on any atom is 0.0622 e. The Labute approximate surface area is 103 Å². The van der Waals surface area contributed by atoms with E-state index >= 15 is 0 Å². The van der Waals surface area contributed by atoms with Crippen molar-refractivity contribution in [1.82, 2.24) is 4.90 Å². The Kier molecular flexibility index (Phi) is 3.04. The highest BCUT2D eigenvalue weighted by molar-refractivity contribution is 5.53. The van der Waals surface area contributed by atoms with Gasteiger partial charge in [0.15, 0.2) is 0 Å². The van der Waals surface area contributed by atoms with E-state index in [0.29, 0.717) is 12.1 Å². The van der Waals surface area contributed by atoms with Crippen molar-refractivity contribution >= 4 is 5.69 Å². The van der Waals surface area contributed by atoms with Gasteiger partial charge in [-0.3, -0.25) is 4.90 Å². The van der Waals surface area contributed by atoms with Crippen molar-refractivity contribution < 1.29 is 4.74 Å². The van der Waals surface area contributed by atoms with Gasteiger partial charge in [0.25, 0.3) is 0 Å². The maximum absolute atomic E-state index is 5.48. The highest BCUT2D eigenvalue weighted by atomic mass is 16.5. The third kappa shape index (κ3) is 2.17. The van der Waals surface area contributed by atoms with E-state index in [0.717, 1.165) is 26.2 Å². The maximum atomic E-state index is 5.48. The van der Waals surface area contributed by atoms with Crippen LogP contribution < -0.4 is 5.32 Å². The van der Waals surface area contributed by atoms with E-state index in [1.165, 1.54) is 17.7 Å². The fourth-order valence-electron chi connectivity index (χ4n) is 2.85. The predicted molar refractivity (Wildman–Crippen MR) is 69.4 cm³/mol. The van der Waals surface area contributed by atoms with Gasteiger partial charge in [0.1, 0.15) is 0 Å². The molecule has 3 heteroatoms. The van der Waals surface area contributed by atoms with E-state index < -0.39 is 0 Å². The van der Waals surface area contributed by atoms with Gasteiger partial charge >= 0.3 is 0 Å². The van der Waals surface area contributed by atoms with Crippen molar-refractivity contribution in [1.29, 1.82) is 0 Å². The molecule has 1 aromatic rings. The molecule has 17 heavy (non-hydrogen) atoms. The molecule has 2 heterocycles. The lowest BCUT2D eigenvalue weighted by Crippen LogP contribution is -2.47. The molecule has 2 aliphatic heterocycles. The van der Waals surface area contributed by atoms with E-state index in [2.05, 4.69) is 41.5 Å². The molecule has 92 valence electrons. The molecule has 0 radical (unpaired) electrons. The average molecular weight is 232 g/mol. The van der Waals surface area contributed by atoms with Crippen LogP contribution >= 0.6 is 0 Å². The average Bonchev–Trinajstić information content (AvgIpc) is 2.91. The number of fused-ring (bicyclic) bond motifs is 1. The van der Waals surface area contributed by atoms with Crippen molar-refractivity contribution in [3.8, 4) is 0 Å². The quantitative estimate of drug-likeness (QED) is 0.840. The summed E-state index contributed by atoms with van der Waals surface area (Å²) in [6, 6.07) is 9.82. The van der Waals surface area contributed by atoms with Crippen molar-refractivity contribution in [2.75, 3.05) is 32.1 Å². The number of hydrogen-bond donors (Lipinski definition) is 1. The number of nitrogens with zero attached hydrogens (tertiary/aromatic N) is 1. The van der Waals surface area contributed by atoms with Gasteiger partial charge in [-0.2, -0.15) is 0 Å². The van der Waals surface area contributed by atoms with Gasteiger partial charge in [0.05, 0.1) is 6.61 Å². The molecule has 1 fully saturated rings. The lowest BCUT2D eigenvalue weighted by molar-refractivity contribution is 0.134. The highest BCUT2D eigenvalue weighted by Crippen LogP contribution is 2.25. The predicted octanol–water partition coefficient (Wildman–Crippen LogP) is 1.74. The molecule has 3 rings (SSSR count). The minimum atomic E-state index is 0.594. The summed E-state index contributed by atoms with van der Waals surface area (Å²) >= 11 is 0. The second-order valence-corrected chi connectivity index (χ2v) is 5.08. The molecular weight excluding hydrogens is 212 g/mol. The van der Waals surface area contributed by atoms with Crippen molar-refractivity contribution in [2.24, 2.45) is 0 Å². The van der Waals surface area contributed by atoms with E-state index in [1.807, 2.05) is 0 Å². The summed E-state index contributed by atoms with van der Waals surface area (Å²) in [5.41, 5.74) is 2.74. The first-order valence-electron chi connectivity index (χ1n) is 6.46. The lowest BCUT2D eigenvalue weighted by Gasteiger charge is -2.36. The minimum Gasteiger partial charge on any atom is -0.383 e. The van der Waals surface area contributed by atoms with Gasteiger partial charge in [-0.1, -0.05) is 18.2 Å². The monoisotopic (exact) mass is 232 g/mol. The zero-order chi connectivity index (χ0) is 11.7. The number of benzene rings is 1. The number of hydrogen-bond acceptors (Lipinski definition) is 3. The molecule has 0 bridgehead atoms. The molecule has 0 saturated carbocycles. The standard InChI is InChI=1S/C14H20N2O/c1-16(12-6-7-17-10-12)13-8-11-4-2-3-5-14(11)15-9-13/h2-5,12-13,15H,6-10H2,1H3. The summed E-state index contributed by atoms with van der Waals surface area (Å²) in [7, 11) is 2.24. The summed E-state index contributed by atoms with van der Waals surface area (Å²) in [6.07, 6.45) is 2.32. The molecule has 0 aromatic heterocycles. The molecule has 3 nitrogen and oxygen atoms in total. The largest absolute Gasteiger partial charge is 0.383 e. The Hall–Kier alpha value is -1.06. The van der Waals surface area contributed by atoms with E-state index in [9.17, 15) is 0 Å². The Balaban J connectivity index is 1.70. The lowest BCUT2D eigenvalue weighted by atomic mass is 9.97. The second kappa shape index (κ2) is 4.67. The Morgan fingerprint density at radius 1 is 1.29 bits per heavy atom. The SMILES string of the molecule is CN(C1CCOC1)C1CNc2ccccc2C1. The van der Waals surface area contributed by atoms with Gasteiger partial charge in [0, 0.05) is 30.9 Å². The number of rotatable bonds is 2. The van der Waals surface area contributed by atoms with Crippen LogP contribution in [-0.4, -0.2) is 43.8 Å². The molecule has 1 aromatic carbocycles. The molecule has 0 amide bonds. The van der Waals surface area contributed by atoms with Crippen LogP contribution in [0.25, 0.3) is 0 Å². The van der Waals surface area contributed by atoms with Crippen LogP contribution in [-0.2, 0) is 11.2 Å². The first-order valence-corrected chi connectivity index (χ1v) is 6.46. The van der Waals surface area contributed by atoms with Crippen molar-refractivity contribution in [2.45, 2.75) is 24.9 Å². The first-order chi connectivity index (χ1) is 8.34. The summed E-state index contributed by atoms with van der Waals surface area (Å²) in [4.78, 5) is 2.50. The number of nitrogens with one attached hydrogen (secondary N) is 1. The van der Waals surface area contributed by atoms with Crippen molar-refractivity contribution in [3.63, 3.8) is 0 Å². The molecule has 2 aliphatic rings. The van der Waals surface area contributed by atoms with E-state index in [-0.39, 0.29) is 0 Å². The van der Waals surface area contributed by atoms with Crippen LogP contribution in [0.15, 0.2) is 24.3 Å². The number of para-hydroxylation sites is 1. The summed E-state index contributed by atoms with van der Waals surface area (Å²) in [5.74, 6) is 0. The van der Waals surface area contributed by atoms with Gasteiger partial charge in [0.2, 0.25) is 0 Å². The topological polar surface area (TPSA) is 24.5 Å². The van der Waals surface area contributed by atoms with Crippen LogP contribution in [0.4, 0.5) is 5.69 Å². The Morgan fingerprint density at radius 2 is 2.18 bits per heavy atom. The molecule has 1 N–H and O–H groups in total. The summed E-state index contributed by atoms with van der Waals surface area (Å²) < 4.78 is 5.48. The smallest absolute Gasteiger partial charge is 0.0622 e. The molecule has 2 atom stereocenters. The third-order valence-electron chi connectivity index (χ3n) is 4.06. The molecular formula is C14H20N2O. The molecule has 0 spiro atoms. The Morgan fingerprint density at radius 3 is 3.00 bits per heavy atom. The highest BCUT2D eigenvalue weighted by Gasteiger charge is 2.28. The first kappa shape index (κ1) is 11.1. The van der Waals surface area contributed by atoms with Crippen LogP contribution in [0, 0.1) is 0 Å². The number of likely N-dealkylation sites (N-methyl/N-ethyl adjacent to an activating group) is 1. The molecule has 2 unspecified atom stereocenters. The van der Waals surface area contributed by atoms with Gasteiger partial charge in [-0.15, -0.1) is 0 Å². The van der Waals surface area contributed by atoms with Crippen molar-refractivity contribution in [3.05, 3.63) is 29.8 Å². The fourth-order valence-corrected chi connectivity index (χ4v) is 2.85. The zero-order valence-corrected chi connectivity index (χ0v) is 10.4. The van der Waals surface area contributed by atoms with Gasteiger partial charge in [-0.25, -0.2) is 0 Å². The third-order valence-corrected chi connectivity index (χ3v) is 4.06. The Bertz CT molecular complexity index is 388. The molecule has 0 aliphatic carbocycles. The fraction of sp³-hybridized carbons (Fsp3) is 0.571. The molecule has 1 saturated heterocycles. The van der Waals surface area contributed by atoms with Gasteiger partial charge in [-0.05, 0) is 31.5 Å². The van der Waals surface area contributed by atoms with Crippen LogP contribution in [0.3, 0.4) is 0 Å². The normalized spacial score (nSPS) is 27.9. The van der Waals surface area contributed by atoms with Gasteiger partial charge < -0.3 is 10.1 Å². The zero-order valence-electron chi connectivity index (χ0n) is 10.4.